The molecule has 0 saturated heterocycles. The highest BCUT2D eigenvalue weighted by Gasteiger charge is 2.23. The Morgan fingerprint density at radius 1 is 1.56 bits per heavy atom. The first-order valence-corrected chi connectivity index (χ1v) is 8.12. The van der Waals surface area contributed by atoms with Gasteiger partial charge in [-0.15, -0.1) is 11.3 Å². The van der Waals surface area contributed by atoms with Crippen LogP contribution in [0.3, 0.4) is 0 Å². The van der Waals surface area contributed by atoms with Crippen LogP contribution in [0.2, 0.25) is 0 Å². The fourth-order valence-corrected chi connectivity index (χ4v) is 4.42. The third-order valence-electron chi connectivity index (χ3n) is 2.64. The van der Waals surface area contributed by atoms with Crippen molar-refractivity contribution in [3.8, 4) is 0 Å². The van der Waals surface area contributed by atoms with Crippen LogP contribution < -0.4 is 5.73 Å². The van der Waals surface area contributed by atoms with Crippen LogP contribution in [0.4, 0.5) is 0 Å². The average Bonchev–Trinajstić information content (AvgIpc) is 2.94. The molecule has 0 aliphatic rings. The average molecular weight is 347 g/mol. The van der Waals surface area contributed by atoms with Gasteiger partial charge in [0, 0.05) is 18.0 Å². The molecule has 7 heteroatoms. The number of nitrogens with two attached hydrogens (primary N) is 1. The summed E-state index contributed by atoms with van der Waals surface area (Å²) < 4.78 is 2.91. The van der Waals surface area contributed by atoms with Crippen LogP contribution >= 0.6 is 39.0 Å². The van der Waals surface area contributed by atoms with Gasteiger partial charge in [0.05, 0.1) is 9.04 Å². The van der Waals surface area contributed by atoms with E-state index in [2.05, 4.69) is 45.1 Å². The number of halogens is 1. The van der Waals surface area contributed by atoms with Crippen molar-refractivity contribution in [3.63, 3.8) is 0 Å². The molecule has 98 valence electrons. The lowest BCUT2D eigenvalue weighted by Gasteiger charge is -2.20. The van der Waals surface area contributed by atoms with Crippen LogP contribution in [0.25, 0.3) is 0 Å². The van der Waals surface area contributed by atoms with Crippen molar-refractivity contribution >= 4 is 39.0 Å². The van der Waals surface area contributed by atoms with E-state index in [1.165, 1.54) is 4.88 Å². The second-order valence-electron chi connectivity index (χ2n) is 3.92. The van der Waals surface area contributed by atoms with E-state index in [1.807, 2.05) is 7.05 Å². The Bertz CT molecular complexity index is 511. The highest BCUT2D eigenvalue weighted by Crippen LogP contribution is 2.41. The smallest absolute Gasteiger partial charge is 0.186 e. The third kappa shape index (κ3) is 3.14. The Morgan fingerprint density at radius 3 is 2.83 bits per heavy atom. The minimum atomic E-state index is 0.109. The first kappa shape index (κ1) is 14.0. The number of hydrogen-bond acceptors (Lipinski definition) is 5. The molecule has 4 nitrogen and oxygen atoms in total. The standard InChI is InChI=1S/C11H15BrN4S2/c1-3-7(13)10(8-4-5-9(12)17-8)18-11-14-6-15-16(11)2/h4-7,10H,3,13H2,1-2H3. The summed E-state index contributed by atoms with van der Waals surface area (Å²) in [5.74, 6) is 0. The minimum absolute atomic E-state index is 0.109. The maximum atomic E-state index is 6.24. The van der Waals surface area contributed by atoms with Crippen LogP contribution in [0, 0.1) is 0 Å². The van der Waals surface area contributed by atoms with E-state index in [1.54, 1.807) is 34.1 Å². The van der Waals surface area contributed by atoms with E-state index in [0.717, 1.165) is 15.4 Å². The van der Waals surface area contributed by atoms with Gasteiger partial charge in [0.15, 0.2) is 5.16 Å². The molecule has 2 N–H and O–H groups in total. The van der Waals surface area contributed by atoms with Gasteiger partial charge in [-0.2, -0.15) is 5.10 Å². The molecule has 2 aromatic heterocycles. The van der Waals surface area contributed by atoms with E-state index in [0.29, 0.717) is 0 Å². The zero-order valence-electron chi connectivity index (χ0n) is 10.2. The van der Waals surface area contributed by atoms with Gasteiger partial charge >= 0.3 is 0 Å². The molecule has 0 fully saturated rings. The Kier molecular flexibility index (Phi) is 4.83. The normalized spacial score (nSPS) is 14.7. The van der Waals surface area contributed by atoms with Gasteiger partial charge in [0.25, 0.3) is 0 Å². The lowest BCUT2D eigenvalue weighted by atomic mass is 10.1. The molecule has 0 aliphatic carbocycles. The molecule has 0 amide bonds. The van der Waals surface area contributed by atoms with Crippen molar-refractivity contribution in [2.24, 2.45) is 12.8 Å². The maximum Gasteiger partial charge on any atom is 0.186 e. The summed E-state index contributed by atoms with van der Waals surface area (Å²) in [5, 5.41) is 5.21. The lowest BCUT2D eigenvalue weighted by molar-refractivity contribution is 0.630. The van der Waals surface area contributed by atoms with E-state index in [-0.39, 0.29) is 11.3 Å². The summed E-state index contributed by atoms with van der Waals surface area (Å²) in [6.07, 6.45) is 2.51. The molecule has 2 atom stereocenters. The Hall–Kier alpha value is -0.370. The lowest BCUT2D eigenvalue weighted by Crippen LogP contribution is -2.25. The monoisotopic (exact) mass is 346 g/mol. The fourth-order valence-electron chi connectivity index (χ4n) is 1.56. The van der Waals surface area contributed by atoms with E-state index < -0.39 is 0 Å². The quantitative estimate of drug-likeness (QED) is 0.844. The zero-order chi connectivity index (χ0) is 13.1. The Balaban J connectivity index is 2.23. The predicted molar refractivity (Wildman–Crippen MR) is 79.9 cm³/mol. The number of aromatic nitrogens is 3. The van der Waals surface area contributed by atoms with Gasteiger partial charge in [0.2, 0.25) is 0 Å². The van der Waals surface area contributed by atoms with Crippen LogP contribution in [-0.4, -0.2) is 20.8 Å². The largest absolute Gasteiger partial charge is 0.326 e. The summed E-state index contributed by atoms with van der Waals surface area (Å²) in [4.78, 5) is 5.52. The number of nitrogens with zero attached hydrogens (tertiary/aromatic N) is 3. The van der Waals surface area contributed by atoms with Gasteiger partial charge < -0.3 is 5.73 Å². The molecule has 2 unspecified atom stereocenters. The van der Waals surface area contributed by atoms with Crippen LogP contribution in [0.5, 0.6) is 0 Å². The molecular formula is C11H15BrN4S2. The number of aryl methyl sites for hydroxylation is 1. The number of thiophene rings is 1. The summed E-state index contributed by atoms with van der Waals surface area (Å²) >= 11 is 6.90. The van der Waals surface area contributed by atoms with E-state index in [9.17, 15) is 0 Å². The van der Waals surface area contributed by atoms with E-state index >= 15 is 0 Å². The maximum absolute atomic E-state index is 6.24. The van der Waals surface area contributed by atoms with Crippen molar-refractivity contribution in [1.29, 1.82) is 0 Å². The van der Waals surface area contributed by atoms with Crippen molar-refractivity contribution in [1.82, 2.24) is 14.8 Å². The van der Waals surface area contributed by atoms with Crippen molar-refractivity contribution < 1.29 is 0 Å². The van der Waals surface area contributed by atoms with Crippen LogP contribution in [0.1, 0.15) is 23.5 Å². The molecule has 0 saturated carbocycles. The van der Waals surface area contributed by atoms with Gasteiger partial charge in [0.1, 0.15) is 6.33 Å². The number of hydrogen-bond donors (Lipinski definition) is 1. The van der Waals surface area contributed by atoms with Crippen molar-refractivity contribution in [2.45, 2.75) is 29.8 Å². The molecule has 0 spiro atoms. The summed E-state index contributed by atoms with van der Waals surface area (Å²) in [5.41, 5.74) is 6.24. The van der Waals surface area contributed by atoms with Gasteiger partial charge in [-0.1, -0.05) is 18.7 Å². The molecule has 0 radical (unpaired) electrons. The van der Waals surface area contributed by atoms with Gasteiger partial charge in [-0.3, -0.25) is 0 Å². The Labute approximate surface area is 123 Å². The predicted octanol–water partition coefficient (Wildman–Crippen LogP) is 3.21. The van der Waals surface area contributed by atoms with Gasteiger partial charge in [-0.05, 0) is 34.5 Å². The summed E-state index contributed by atoms with van der Waals surface area (Å²) in [7, 11) is 1.90. The van der Waals surface area contributed by atoms with Gasteiger partial charge in [-0.25, -0.2) is 9.67 Å². The highest BCUT2D eigenvalue weighted by molar-refractivity contribution is 9.11. The topological polar surface area (TPSA) is 56.7 Å². The molecule has 0 aliphatic heterocycles. The van der Waals surface area contributed by atoms with E-state index in [4.69, 9.17) is 5.73 Å². The first-order chi connectivity index (χ1) is 8.61. The molecule has 2 heterocycles. The van der Waals surface area contributed by atoms with Crippen LogP contribution in [-0.2, 0) is 7.05 Å². The fraction of sp³-hybridized carbons (Fsp3) is 0.455. The minimum Gasteiger partial charge on any atom is -0.326 e. The van der Waals surface area contributed by atoms with Crippen molar-refractivity contribution in [2.75, 3.05) is 0 Å². The molecule has 0 aromatic carbocycles. The second-order valence-corrected chi connectivity index (χ2v) is 7.52. The summed E-state index contributed by atoms with van der Waals surface area (Å²) in [6.45, 7) is 2.11. The molecule has 2 aromatic rings. The summed E-state index contributed by atoms with van der Waals surface area (Å²) in [6, 6.07) is 4.29. The second kappa shape index (κ2) is 6.18. The van der Waals surface area contributed by atoms with Crippen molar-refractivity contribution in [3.05, 3.63) is 27.1 Å². The molecule has 0 bridgehead atoms. The highest BCUT2D eigenvalue weighted by atomic mass is 79.9. The Morgan fingerprint density at radius 2 is 2.33 bits per heavy atom. The first-order valence-electron chi connectivity index (χ1n) is 5.63. The van der Waals surface area contributed by atoms with Crippen LogP contribution in [0.15, 0.2) is 27.4 Å². The zero-order valence-corrected chi connectivity index (χ0v) is 13.4. The molecular weight excluding hydrogens is 332 g/mol. The molecule has 2 rings (SSSR count). The number of rotatable bonds is 5. The third-order valence-corrected chi connectivity index (χ3v) is 5.93. The molecule has 18 heavy (non-hydrogen) atoms. The number of thioether (sulfide) groups is 1. The SMILES string of the molecule is CCC(N)C(Sc1ncnn1C)c1ccc(Br)s1.